The van der Waals surface area contributed by atoms with Gasteiger partial charge in [-0.15, -0.1) is 0 Å². The molecular weight excluding hydrogens is 442 g/mol. The number of carbonyl (C=O) groups excluding carboxylic acids is 2. The third-order valence-electron chi connectivity index (χ3n) is 6.38. The fourth-order valence-corrected chi connectivity index (χ4v) is 4.79. The maximum Gasteiger partial charge on any atom is 0.300 e. The Morgan fingerprint density at radius 2 is 1.57 bits per heavy atom. The number of anilines is 1. The summed E-state index contributed by atoms with van der Waals surface area (Å²) in [5.41, 5.74) is 5.04. The van der Waals surface area contributed by atoms with E-state index < -0.39 is 17.7 Å². The molecule has 1 saturated heterocycles. The van der Waals surface area contributed by atoms with Gasteiger partial charge in [0.15, 0.2) is 0 Å². The predicted molar refractivity (Wildman–Crippen MR) is 136 cm³/mol. The molecular formula is C29H29NO5. The molecule has 0 radical (unpaired) electrons. The quantitative estimate of drug-likeness (QED) is 0.299. The SMILES string of the molecule is COc1ccccc1C1/C(=C(\O)c2cc(C)cc(C)c2OC)C(=O)C(=O)N1c1cc(C)ccc1C. The van der Waals surface area contributed by atoms with Crippen molar-refractivity contribution in [1.29, 1.82) is 0 Å². The third kappa shape index (κ3) is 4.05. The maximum atomic E-state index is 13.6. The van der Waals surface area contributed by atoms with Crippen LogP contribution in [-0.2, 0) is 9.59 Å². The molecule has 1 amide bonds. The van der Waals surface area contributed by atoms with Gasteiger partial charge in [0.05, 0.1) is 31.4 Å². The van der Waals surface area contributed by atoms with Crippen LogP contribution in [0.2, 0.25) is 0 Å². The van der Waals surface area contributed by atoms with E-state index >= 15 is 0 Å². The number of carbonyl (C=O) groups is 2. The average Bonchev–Trinajstić information content (AvgIpc) is 3.09. The van der Waals surface area contributed by atoms with Crippen molar-refractivity contribution in [3.05, 3.63) is 93.6 Å². The first-order valence-corrected chi connectivity index (χ1v) is 11.4. The summed E-state index contributed by atoms with van der Waals surface area (Å²) in [7, 11) is 3.05. The number of nitrogens with zero attached hydrogens (tertiary/aromatic N) is 1. The molecule has 180 valence electrons. The van der Waals surface area contributed by atoms with Gasteiger partial charge in [-0.1, -0.05) is 36.4 Å². The molecule has 4 rings (SSSR count). The lowest BCUT2D eigenvalue weighted by Crippen LogP contribution is -2.30. The van der Waals surface area contributed by atoms with Crippen molar-refractivity contribution in [3.63, 3.8) is 0 Å². The topological polar surface area (TPSA) is 76.1 Å². The Labute approximate surface area is 205 Å². The van der Waals surface area contributed by atoms with Gasteiger partial charge >= 0.3 is 0 Å². The van der Waals surface area contributed by atoms with Crippen molar-refractivity contribution in [2.24, 2.45) is 0 Å². The van der Waals surface area contributed by atoms with Gasteiger partial charge in [0.2, 0.25) is 0 Å². The Kier molecular flexibility index (Phi) is 6.39. The molecule has 1 N–H and O–H groups in total. The zero-order valence-electron chi connectivity index (χ0n) is 20.8. The van der Waals surface area contributed by atoms with E-state index in [-0.39, 0.29) is 11.3 Å². The molecule has 0 aromatic heterocycles. The van der Waals surface area contributed by atoms with Crippen LogP contribution in [0.3, 0.4) is 0 Å². The highest BCUT2D eigenvalue weighted by Gasteiger charge is 2.48. The van der Waals surface area contributed by atoms with Crippen LogP contribution in [0.4, 0.5) is 5.69 Å². The number of benzene rings is 3. The van der Waals surface area contributed by atoms with E-state index in [4.69, 9.17) is 9.47 Å². The van der Waals surface area contributed by atoms with E-state index in [1.807, 2.05) is 64.1 Å². The number of ether oxygens (including phenoxy) is 2. The molecule has 1 atom stereocenters. The number of rotatable bonds is 5. The smallest absolute Gasteiger partial charge is 0.300 e. The fourth-order valence-electron chi connectivity index (χ4n) is 4.79. The number of Topliss-reactive ketones (excluding diaryl/α,β-unsaturated/α-hetero) is 1. The molecule has 6 nitrogen and oxygen atoms in total. The molecule has 0 spiro atoms. The standard InChI is InChI=1S/C29H29NO5/c1-16-11-12-18(3)22(15-16)30-25(20-9-7-8-10-23(20)34-5)24(27(32)29(30)33)26(31)21-14-17(2)13-19(4)28(21)35-6/h7-15,25,31H,1-6H3/b26-24+. The second kappa shape index (κ2) is 9.29. The number of aliphatic hydroxyl groups excluding tert-OH is 1. The van der Waals surface area contributed by atoms with E-state index in [1.54, 1.807) is 18.2 Å². The summed E-state index contributed by atoms with van der Waals surface area (Å²) in [5.74, 6) is -0.798. The van der Waals surface area contributed by atoms with Gasteiger partial charge in [0, 0.05) is 11.3 Å². The molecule has 0 bridgehead atoms. The molecule has 6 heteroatoms. The van der Waals surface area contributed by atoms with Crippen LogP contribution in [0.5, 0.6) is 11.5 Å². The van der Waals surface area contributed by atoms with Gasteiger partial charge in [-0.25, -0.2) is 0 Å². The van der Waals surface area contributed by atoms with E-state index in [9.17, 15) is 14.7 Å². The number of methoxy groups -OCH3 is 2. The number of hydrogen-bond acceptors (Lipinski definition) is 5. The Morgan fingerprint density at radius 1 is 0.857 bits per heavy atom. The number of aryl methyl sites for hydroxylation is 4. The molecule has 3 aromatic rings. The van der Waals surface area contributed by atoms with Crippen LogP contribution in [0.1, 0.15) is 39.4 Å². The van der Waals surface area contributed by atoms with E-state index in [0.717, 1.165) is 22.3 Å². The Morgan fingerprint density at radius 3 is 2.26 bits per heavy atom. The second-order valence-electron chi connectivity index (χ2n) is 8.86. The Balaban J connectivity index is 2.08. The zero-order valence-corrected chi connectivity index (χ0v) is 20.8. The summed E-state index contributed by atoms with van der Waals surface area (Å²) < 4.78 is 11.2. The first-order chi connectivity index (χ1) is 16.7. The minimum Gasteiger partial charge on any atom is -0.507 e. The summed E-state index contributed by atoms with van der Waals surface area (Å²) >= 11 is 0. The van der Waals surface area contributed by atoms with Crippen LogP contribution >= 0.6 is 0 Å². The minimum atomic E-state index is -0.892. The lowest BCUT2D eigenvalue weighted by molar-refractivity contribution is -0.132. The average molecular weight is 472 g/mol. The molecule has 0 aliphatic carbocycles. The van der Waals surface area contributed by atoms with Crippen LogP contribution in [0.15, 0.2) is 60.2 Å². The van der Waals surface area contributed by atoms with Crippen LogP contribution in [0.25, 0.3) is 5.76 Å². The van der Waals surface area contributed by atoms with E-state index in [0.29, 0.717) is 28.3 Å². The molecule has 1 aliphatic rings. The van der Waals surface area contributed by atoms with Crippen LogP contribution in [-0.4, -0.2) is 31.0 Å². The number of amides is 1. The third-order valence-corrected chi connectivity index (χ3v) is 6.38. The van der Waals surface area contributed by atoms with Crippen molar-refractivity contribution in [2.45, 2.75) is 33.7 Å². The molecule has 1 fully saturated rings. The largest absolute Gasteiger partial charge is 0.507 e. The molecule has 1 unspecified atom stereocenters. The first-order valence-electron chi connectivity index (χ1n) is 11.4. The second-order valence-corrected chi connectivity index (χ2v) is 8.86. The van der Waals surface area contributed by atoms with Crippen molar-refractivity contribution in [2.75, 3.05) is 19.1 Å². The van der Waals surface area contributed by atoms with E-state index in [1.165, 1.54) is 19.1 Å². The van der Waals surface area contributed by atoms with Gasteiger partial charge in [0.25, 0.3) is 11.7 Å². The first kappa shape index (κ1) is 24.1. The summed E-state index contributed by atoms with van der Waals surface area (Å²) in [5, 5.41) is 11.6. The van der Waals surface area contributed by atoms with Crippen molar-refractivity contribution >= 4 is 23.1 Å². The molecule has 35 heavy (non-hydrogen) atoms. The highest BCUT2D eigenvalue weighted by Crippen LogP contribution is 2.46. The normalized spacial score (nSPS) is 17.1. The zero-order chi connectivity index (χ0) is 25.4. The Hall–Kier alpha value is -4.06. The lowest BCUT2D eigenvalue weighted by Gasteiger charge is -2.28. The highest BCUT2D eigenvalue weighted by molar-refractivity contribution is 6.52. The lowest BCUT2D eigenvalue weighted by atomic mass is 9.92. The summed E-state index contributed by atoms with van der Waals surface area (Å²) in [6.07, 6.45) is 0. The maximum absolute atomic E-state index is 13.6. The van der Waals surface area contributed by atoms with Gasteiger partial charge in [-0.05, 0) is 68.1 Å². The number of hydrogen-bond donors (Lipinski definition) is 1. The number of aliphatic hydroxyl groups is 1. The van der Waals surface area contributed by atoms with Gasteiger partial charge in [-0.2, -0.15) is 0 Å². The van der Waals surface area contributed by atoms with Crippen LogP contribution in [0, 0.1) is 27.7 Å². The monoisotopic (exact) mass is 471 g/mol. The highest BCUT2D eigenvalue weighted by atomic mass is 16.5. The van der Waals surface area contributed by atoms with Crippen molar-refractivity contribution < 1.29 is 24.2 Å². The summed E-state index contributed by atoms with van der Waals surface area (Å²) in [6, 6.07) is 15.8. The molecule has 1 aliphatic heterocycles. The number of para-hydroxylation sites is 1. The summed E-state index contributed by atoms with van der Waals surface area (Å²) in [4.78, 5) is 28.6. The predicted octanol–water partition coefficient (Wildman–Crippen LogP) is 5.56. The van der Waals surface area contributed by atoms with Crippen molar-refractivity contribution in [1.82, 2.24) is 0 Å². The Bertz CT molecular complexity index is 1370. The van der Waals surface area contributed by atoms with Crippen molar-refractivity contribution in [3.8, 4) is 11.5 Å². The molecule has 1 heterocycles. The van der Waals surface area contributed by atoms with E-state index in [2.05, 4.69) is 0 Å². The van der Waals surface area contributed by atoms with Gasteiger partial charge in [0.1, 0.15) is 17.3 Å². The minimum absolute atomic E-state index is 0.0105. The van der Waals surface area contributed by atoms with Gasteiger partial charge < -0.3 is 14.6 Å². The molecule has 3 aromatic carbocycles. The summed E-state index contributed by atoms with van der Waals surface area (Å²) in [6.45, 7) is 7.59. The number of ketones is 1. The van der Waals surface area contributed by atoms with Gasteiger partial charge in [-0.3, -0.25) is 14.5 Å². The van der Waals surface area contributed by atoms with Crippen LogP contribution < -0.4 is 14.4 Å². The molecule has 0 saturated carbocycles. The fraction of sp³-hybridized carbons (Fsp3) is 0.241.